The van der Waals surface area contributed by atoms with Crippen LogP contribution in [0.3, 0.4) is 0 Å². The molecule has 0 saturated carbocycles. The van der Waals surface area contributed by atoms with Crippen LogP contribution in [0.2, 0.25) is 0 Å². The van der Waals surface area contributed by atoms with E-state index in [1.807, 2.05) is 11.8 Å². The Labute approximate surface area is 121 Å². The zero-order valence-electron chi connectivity index (χ0n) is 11.7. The van der Waals surface area contributed by atoms with Crippen molar-refractivity contribution in [1.29, 1.82) is 0 Å². The summed E-state index contributed by atoms with van der Waals surface area (Å²) >= 11 is 0. The maximum Gasteiger partial charge on any atom is 0.226 e. The molecule has 0 radical (unpaired) electrons. The van der Waals surface area contributed by atoms with Crippen molar-refractivity contribution in [3.63, 3.8) is 0 Å². The van der Waals surface area contributed by atoms with Crippen molar-refractivity contribution in [2.45, 2.75) is 26.3 Å². The molecule has 1 aliphatic heterocycles. The summed E-state index contributed by atoms with van der Waals surface area (Å²) < 4.78 is 19.4. The van der Waals surface area contributed by atoms with Gasteiger partial charge in [0.15, 0.2) is 5.75 Å². The molecule has 3 rings (SSSR count). The van der Waals surface area contributed by atoms with Crippen molar-refractivity contribution >= 4 is 5.69 Å². The van der Waals surface area contributed by atoms with Gasteiger partial charge in [0.05, 0.1) is 12.2 Å². The largest absolute Gasteiger partial charge is 0.502 e. The average molecular weight is 289 g/mol. The van der Waals surface area contributed by atoms with Crippen molar-refractivity contribution in [3.05, 3.63) is 57.4 Å². The predicted molar refractivity (Wildman–Crippen MR) is 77.2 cm³/mol. The molecule has 1 N–H and O–H groups in total. The monoisotopic (exact) mass is 289 g/mol. The number of aryl methyl sites for hydroxylation is 1. The molecule has 0 atom stereocenters. The van der Waals surface area contributed by atoms with Crippen molar-refractivity contribution < 1.29 is 13.9 Å². The zero-order chi connectivity index (χ0) is 15.0. The molecule has 1 aromatic heterocycles. The summed E-state index contributed by atoms with van der Waals surface area (Å²) in [5, 5.41) is 9.21. The maximum atomic E-state index is 14.2. The first-order chi connectivity index (χ1) is 10.1. The number of rotatable bonds is 2. The first-order valence-corrected chi connectivity index (χ1v) is 6.90. The number of nitrogens with zero attached hydrogens (tertiary/aromatic N) is 1. The summed E-state index contributed by atoms with van der Waals surface area (Å²) in [7, 11) is 0. The van der Waals surface area contributed by atoms with Crippen LogP contribution < -0.4 is 10.3 Å². The number of aromatic hydroxyl groups is 1. The maximum absolute atomic E-state index is 14.2. The van der Waals surface area contributed by atoms with Gasteiger partial charge in [0, 0.05) is 12.6 Å². The highest BCUT2D eigenvalue weighted by Crippen LogP contribution is 2.33. The van der Waals surface area contributed by atoms with Crippen LogP contribution >= 0.6 is 0 Å². The molecule has 0 fully saturated rings. The molecule has 0 amide bonds. The van der Waals surface area contributed by atoms with E-state index in [2.05, 4.69) is 0 Å². The number of hydrogen-bond donors (Lipinski definition) is 1. The van der Waals surface area contributed by atoms with Gasteiger partial charge in [-0.1, -0.05) is 6.07 Å². The van der Waals surface area contributed by atoms with Crippen molar-refractivity contribution in [3.8, 4) is 5.75 Å². The Morgan fingerprint density at radius 3 is 3.00 bits per heavy atom. The van der Waals surface area contributed by atoms with Gasteiger partial charge in [-0.3, -0.25) is 4.79 Å². The van der Waals surface area contributed by atoms with Crippen LogP contribution in [0.25, 0.3) is 0 Å². The van der Waals surface area contributed by atoms with Crippen LogP contribution in [0.15, 0.2) is 33.7 Å². The van der Waals surface area contributed by atoms with Gasteiger partial charge in [0.1, 0.15) is 17.8 Å². The normalized spacial score (nSPS) is 14.1. The van der Waals surface area contributed by atoms with Crippen LogP contribution in [-0.4, -0.2) is 11.7 Å². The van der Waals surface area contributed by atoms with E-state index in [0.717, 1.165) is 30.2 Å². The van der Waals surface area contributed by atoms with Gasteiger partial charge in [0.25, 0.3) is 0 Å². The zero-order valence-corrected chi connectivity index (χ0v) is 11.7. The van der Waals surface area contributed by atoms with E-state index in [9.17, 15) is 14.3 Å². The lowest BCUT2D eigenvalue weighted by Gasteiger charge is -2.32. The molecular weight excluding hydrogens is 273 g/mol. The summed E-state index contributed by atoms with van der Waals surface area (Å²) in [5.74, 6) is -0.261. The fraction of sp³-hybridized carbons (Fsp3) is 0.312. The Bertz CT molecular complexity index is 739. The van der Waals surface area contributed by atoms with Crippen LogP contribution in [0, 0.1) is 12.7 Å². The Hall–Kier alpha value is -2.30. The first kappa shape index (κ1) is 13.7. The van der Waals surface area contributed by atoms with E-state index in [1.165, 1.54) is 12.1 Å². The van der Waals surface area contributed by atoms with Gasteiger partial charge in [-0.2, -0.15) is 0 Å². The third-order valence-electron chi connectivity index (χ3n) is 3.85. The van der Waals surface area contributed by atoms with Crippen molar-refractivity contribution in [2.75, 3.05) is 11.4 Å². The molecule has 4 nitrogen and oxygen atoms in total. The molecule has 5 heteroatoms. The summed E-state index contributed by atoms with van der Waals surface area (Å²) in [4.78, 5) is 13.3. The summed E-state index contributed by atoms with van der Waals surface area (Å²) in [6.07, 6.45) is 2.81. The standard InChI is InChI=1S/C16H16FNO3/c1-10-4-5-13(17)16-12(10)3-2-6-18(16)8-11-7-14(19)15(20)9-21-11/h4-5,7,9,20H,2-3,6,8H2,1H3. The minimum atomic E-state index is -0.488. The predicted octanol–water partition coefficient (Wildman–Crippen LogP) is 2.75. The summed E-state index contributed by atoms with van der Waals surface area (Å²) in [6, 6.07) is 4.51. The number of halogens is 1. The highest BCUT2D eigenvalue weighted by molar-refractivity contribution is 5.59. The third kappa shape index (κ3) is 2.51. The second-order valence-corrected chi connectivity index (χ2v) is 5.31. The Morgan fingerprint density at radius 1 is 1.43 bits per heavy atom. The highest BCUT2D eigenvalue weighted by atomic mass is 19.1. The smallest absolute Gasteiger partial charge is 0.226 e. The van der Waals surface area contributed by atoms with Crippen LogP contribution in [-0.2, 0) is 13.0 Å². The van der Waals surface area contributed by atoms with Crippen LogP contribution in [0.5, 0.6) is 5.75 Å². The molecule has 0 spiro atoms. The number of anilines is 1. The van der Waals surface area contributed by atoms with Crippen molar-refractivity contribution in [2.24, 2.45) is 0 Å². The fourth-order valence-corrected chi connectivity index (χ4v) is 2.80. The lowest BCUT2D eigenvalue weighted by molar-refractivity contribution is 0.410. The lowest BCUT2D eigenvalue weighted by Crippen LogP contribution is -2.30. The molecule has 110 valence electrons. The van der Waals surface area contributed by atoms with E-state index in [-0.39, 0.29) is 5.82 Å². The lowest BCUT2D eigenvalue weighted by atomic mass is 9.96. The molecule has 0 aliphatic carbocycles. The van der Waals surface area contributed by atoms with E-state index >= 15 is 0 Å². The molecule has 0 saturated heterocycles. The Kier molecular flexibility index (Phi) is 3.41. The topological polar surface area (TPSA) is 53.7 Å². The van der Waals surface area contributed by atoms with E-state index in [4.69, 9.17) is 4.42 Å². The van der Waals surface area contributed by atoms with Crippen LogP contribution in [0.1, 0.15) is 23.3 Å². The molecule has 2 heterocycles. The van der Waals surface area contributed by atoms with Gasteiger partial charge in [-0.15, -0.1) is 0 Å². The number of fused-ring (bicyclic) bond motifs is 1. The van der Waals surface area contributed by atoms with Gasteiger partial charge in [0.2, 0.25) is 5.43 Å². The number of benzene rings is 1. The molecule has 21 heavy (non-hydrogen) atoms. The first-order valence-electron chi connectivity index (χ1n) is 6.90. The van der Waals surface area contributed by atoms with E-state index in [1.54, 1.807) is 6.07 Å². The molecular formula is C16H16FNO3. The quantitative estimate of drug-likeness (QED) is 0.923. The SMILES string of the molecule is Cc1ccc(F)c2c1CCCN2Cc1cc(=O)c(O)co1. The van der Waals surface area contributed by atoms with Crippen LogP contribution in [0.4, 0.5) is 10.1 Å². The van der Waals surface area contributed by atoms with Gasteiger partial charge < -0.3 is 14.4 Å². The molecule has 1 aromatic carbocycles. The summed E-state index contributed by atoms with van der Waals surface area (Å²) in [5.41, 5.74) is 2.20. The van der Waals surface area contributed by atoms with Gasteiger partial charge in [-0.25, -0.2) is 4.39 Å². The third-order valence-corrected chi connectivity index (χ3v) is 3.85. The average Bonchev–Trinajstić information content (AvgIpc) is 2.47. The van der Waals surface area contributed by atoms with Crippen molar-refractivity contribution in [1.82, 2.24) is 0 Å². The molecule has 2 aromatic rings. The Morgan fingerprint density at radius 2 is 2.24 bits per heavy atom. The molecule has 0 unspecified atom stereocenters. The van der Waals surface area contributed by atoms with E-state index in [0.29, 0.717) is 24.5 Å². The molecule has 1 aliphatic rings. The Balaban J connectivity index is 1.97. The minimum Gasteiger partial charge on any atom is -0.502 e. The fourth-order valence-electron chi connectivity index (χ4n) is 2.80. The molecule has 0 bridgehead atoms. The van der Waals surface area contributed by atoms with E-state index < -0.39 is 11.2 Å². The number of hydrogen-bond acceptors (Lipinski definition) is 4. The van der Waals surface area contributed by atoms with Gasteiger partial charge in [-0.05, 0) is 37.0 Å². The summed E-state index contributed by atoms with van der Waals surface area (Å²) in [6.45, 7) is 2.99. The second kappa shape index (κ2) is 5.24. The second-order valence-electron chi connectivity index (χ2n) is 5.31. The minimum absolute atomic E-state index is 0.253. The highest BCUT2D eigenvalue weighted by Gasteiger charge is 2.23. The van der Waals surface area contributed by atoms with Gasteiger partial charge >= 0.3 is 0 Å².